The summed E-state index contributed by atoms with van der Waals surface area (Å²) in [7, 11) is 0. The molecule has 16 heavy (non-hydrogen) atoms. The lowest BCUT2D eigenvalue weighted by Crippen LogP contribution is -2.28. The molecule has 0 spiro atoms. The Hall–Kier alpha value is -1.55. The Kier molecular flexibility index (Phi) is 4.31. The van der Waals surface area contributed by atoms with Crippen LogP contribution in [0.1, 0.15) is 6.42 Å². The van der Waals surface area contributed by atoms with Crippen molar-refractivity contribution in [3.63, 3.8) is 0 Å². The van der Waals surface area contributed by atoms with Crippen molar-refractivity contribution in [2.45, 2.75) is 12.5 Å². The highest BCUT2D eigenvalue weighted by Crippen LogP contribution is 2.19. The van der Waals surface area contributed by atoms with Crippen LogP contribution in [-0.2, 0) is 4.79 Å². The summed E-state index contributed by atoms with van der Waals surface area (Å²) >= 11 is 5.64. The van der Waals surface area contributed by atoms with Crippen molar-refractivity contribution in [3.8, 4) is 0 Å². The summed E-state index contributed by atoms with van der Waals surface area (Å²) in [5.41, 5.74) is 0.333. The average Bonchev–Trinajstić information content (AvgIpc) is 2.15. The second-order valence-corrected chi connectivity index (χ2v) is 3.65. The van der Waals surface area contributed by atoms with E-state index in [1.54, 1.807) is 0 Å². The normalized spacial score (nSPS) is 11.9. The summed E-state index contributed by atoms with van der Waals surface area (Å²) in [6, 6.07) is 2.96. The lowest BCUT2D eigenvalue weighted by molar-refractivity contribution is -0.137. The number of carboxylic acids is 1. The Morgan fingerprint density at radius 1 is 1.62 bits per heavy atom. The minimum absolute atomic E-state index is 0.213. The molecule has 0 fully saturated rings. The summed E-state index contributed by atoms with van der Waals surface area (Å²) in [6.45, 7) is 3.46. The number of nitrogens with one attached hydrogen (secondary N) is 1. The van der Waals surface area contributed by atoms with Gasteiger partial charge in [0.15, 0.2) is 0 Å². The number of anilines is 1. The summed E-state index contributed by atoms with van der Waals surface area (Å²) in [5.74, 6) is -1.54. The molecule has 0 amide bonds. The third kappa shape index (κ3) is 3.55. The van der Waals surface area contributed by atoms with Crippen LogP contribution in [0.25, 0.3) is 0 Å². The van der Waals surface area contributed by atoms with Gasteiger partial charge in [-0.25, -0.2) is 9.18 Å². The fraction of sp³-hybridized carbons (Fsp3) is 0.182. The molecule has 86 valence electrons. The van der Waals surface area contributed by atoms with Gasteiger partial charge in [-0.1, -0.05) is 17.7 Å². The van der Waals surface area contributed by atoms with E-state index < -0.39 is 17.8 Å². The van der Waals surface area contributed by atoms with Crippen LogP contribution >= 0.6 is 11.6 Å². The number of benzene rings is 1. The van der Waals surface area contributed by atoms with Gasteiger partial charge in [0.2, 0.25) is 0 Å². The minimum Gasteiger partial charge on any atom is -0.480 e. The first-order valence-electron chi connectivity index (χ1n) is 4.59. The molecule has 1 atom stereocenters. The van der Waals surface area contributed by atoms with Gasteiger partial charge >= 0.3 is 5.97 Å². The third-order valence-electron chi connectivity index (χ3n) is 1.90. The van der Waals surface area contributed by atoms with E-state index >= 15 is 0 Å². The van der Waals surface area contributed by atoms with Crippen LogP contribution < -0.4 is 5.32 Å². The summed E-state index contributed by atoms with van der Waals surface area (Å²) < 4.78 is 13.0. The van der Waals surface area contributed by atoms with Crippen LogP contribution in [0, 0.1) is 5.82 Å². The maximum Gasteiger partial charge on any atom is 0.326 e. The molecule has 0 bridgehead atoms. The molecule has 0 aliphatic rings. The zero-order valence-corrected chi connectivity index (χ0v) is 9.17. The van der Waals surface area contributed by atoms with Crippen molar-refractivity contribution in [1.82, 2.24) is 0 Å². The van der Waals surface area contributed by atoms with Gasteiger partial charge in [0.05, 0.1) is 0 Å². The van der Waals surface area contributed by atoms with Crippen LogP contribution in [0.5, 0.6) is 0 Å². The van der Waals surface area contributed by atoms with Crippen molar-refractivity contribution in [1.29, 1.82) is 0 Å². The monoisotopic (exact) mass is 243 g/mol. The first-order valence-corrected chi connectivity index (χ1v) is 4.97. The highest BCUT2D eigenvalue weighted by atomic mass is 35.5. The van der Waals surface area contributed by atoms with Gasteiger partial charge in [0.1, 0.15) is 11.9 Å². The highest BCUT2D eigenvalue weighted by molar-refractivity contribution is 6.30. The van der Waals surface area contributed by atoms with Crippen LogP contribution in [0.4, 0.5) is 10.1 Å². The van der Waals surface area contributed by atoms with Crippen molar-refractivity contribution in [2.75, 3.05) is 5.32 Å². The van der Waals surface area contributed by atoms with Gasteiger partial charge in [-0.15, -0.1) is 6.58 Å². The molecule has 5 heteroatoms. The number of hydrogen-bond acceptors (Lipinski definition) is 2. The fourth-order valence-corrected chi connectivity index (χ4v) is 1.45. The van der Waals surface area contributed by atoms with Crippen molar-refractivity contribution in [2.24, 2.45) is 0 Å². The van der Waals surface area contributed by atoms with Gasteiger partial charge in [0.25, 0.3) is 0 Å². The molecule has 0 heterocycles. The Morgan fingerprint density at radius 3 is 2.81 bits per heavy atom. The van der Waals surface area contributed by atoms with Crippen LogP contribution in [0.2, 0.25) is 5.02 Å². The quantitative estimate of drug-likeness (QED) is 0.782. The molecular formula is C11H11ClFNO2. The highest BCUT2D eigenvalue weighted by Gasteiger charge is 2.15. The number of carbonyl (C=O) groups is 1. The Morgan fingerprint density at radius 2 is 2.31 bits per heavy atom. The van der Waals surface area contributed by atoms with E-state index in [0.717, 1.165) is 6.07 Å². The van der Waals surface area contributed by atoms with Crippen molar-refractivity contribution < 1.29 is 14.3 Å². The topological polar surface area (TPSA) is 49.3 Å². The lowest BCUT2D eigenvalue weighted by atomic mass is 10.2. The van der Waals surface area contributed by atoms with Crippen LogP contribution in [-0.4, -0.2) is 17.1 Å². The Bertz CT molecular complexity index is 389. The second kappa shape index (κ2) is 5.51. The number of aliphatic carboxylic acids is 1. The van der Waals surface area contributed by atoms with Gasteiger partial charge in [0, 0.05) is 10.7 Å². The molecule has 2 N–H and O–H groups in total. The van der Waals surface area contributed by atoms with Gasteiger partial charge in [-0.2, -0.15) is 0 Å². The first-order chi connectivity index (χ1) is 7.52. The van der Waals surface area contributed by atoms with E-state index in [9.17, 15) is 9.18 Å². The molecule has 0 aliphatic carbocycles. The predicted octanol–water partition coefficient (Wildman–Crippen LogP) is 2.92. The van der Waals surface area contributed by atoms with E-state index in [4.69, 9.17) is 16.7 Å². The van der Waals surface area contributed by atoms with Crippen molar-refractivity contribution in [3.05, 3.63) is 41.7 Å². The largest absolute Gasteiger partial charge is 0.480 e. The molecule has 3 nitrogen and oxygen atoms in total. The maximum absolute atomic E-state index is 13.0. The van der Waals surface area contributed by atoms with Crippen LogP contribution in [0.15, 0.2) is 30.9 Å². The molecule has 0 aliphatic heterocycles. The standard InChI is InChI=1S/C11H11ClFNO2/c1-2-3-10(11(15)16)14-9-5-7(12)4-8(13)6-9/h2,4-6,10,14H,1,3H2,(H,15,16)/t10-/m1/s1. The number of carboxylic acid groups (broad SMARTS) is 1. The molecule has 0 saturated carbocycles. The summed E-state index contributed by atoms with van der Waals surface area (Å²) in [5, 5.41) is 11.7. The lowest BCUT2D eigenvalue weighted by Gasteiger charge is -2.14. The van der Waals surface area contributed by atoms with E-state index in [2.05, 4.69) is 11.9 Å². The van der Waals surface area contributed by atoms with Crippen molar-refractivity contribution >= 4 is 23.3 Å². The van der Waals surface area contributed by atoms with E-state index in [0.29, 0.717) is 5.69 Å². The second-order valence-electron chi connectivity index (χ2n) is 3.22. The van der Waals surface area contributed by atoms with E-state index in [-0.39, 0.29) is 11.4 Å². The average molecular weight is 244 g/mol. The molecule has 1 aromatic carbocycles. The molecule has 0 radical (unpaired) electrons. The Labute approximate surface area is 97.5 Å². The van der Waals surface area contributed by atoms with Gasteiger partial charge in [-0.05, 0) is 24.6 Å². The summed E-state index contributed by atoms with van der Waals surface area (Å²) in [6.07, 6.45) is 1.72. The van der Waals surface area contributed by atoms with E-state index in [1.165, 1.54) is 18.2 Å². The molecular weight excluding hydrogens is 233 g/mol. The zero-order chi connectivity index (χ0) is 12.1. The van der Waals surface area contributed by atoms with Gasteiger partial charge < -0.3 is 10.4 Å². The smallest absolute Gasteiger partial charge is 0.326 e. The fourth-order valence-electron chi connectivity index (χ4n) is 1.23. The van der Waals surface area contributed by atoms with Crippen LogP contribution in [0.3, 0.4) is 0 Å². The number of hydrogen-bond donors (Lipinski definition) is 2. The molecule has 1 aromatic rings. The first kappa shape index (κ1) is 12.5. The number of rotatable bonds is 5. The van der Waals surface area contributed by atoms with Gasteiger partial charge in [-0.3, -0.25) is 0 Å². The van der Waals surface area contributed by atoms with E-state index in [1.807, 2.05) is 0 Å². The number of halogens is 2. The SMILES string of the molecule is C=CC[C@@H](Nc1cc(F)cc(Cl)c1)C(=O)O. The zero-order valence-electron chi connectivity index (χ0n) is 8.41. The molecule has 0 aromatic heterocycles. The maximum atomic E-state index is 13.0. The Balaban J connectivity index is 2.84. The molecule has 0 saturated heterocycles. The third-order valence-corrected chi connectivity index (χ3v) is 2.12. The summed E-state index contributed by atoms with van der Waals surface area (Å²) in [4.78, 5) is 10.8. The predicted molar refractivity (Wildman–Crippen MR) is 61.3 cm³/mol. The minimum atomic E-state index is -1.03. The molecule has 0 unspecified atom stereocenters. The molecule has 1 rings (SSSR count).